The van der Waals surface area contributed by atoms with Gasteiger partial charge in [0.15, 0.2) is 0 Å². The molecule has 2 atom stereocenters. The van der Waals surface area contributed by atoms with Crippen LogP contribution in [0.1, 0.15) is 39.5 Å². The third kappa shape index (κ3) is 4.86. The van der Waals surface area contributed by atoms with Crippen molar-refractivity contribution in [2.45, 2.75) is 25.4 Å². The average Bonchev–Trinajstić information content (AvgIpc) is 2.91. The molecule has 0 aliphatic carbocycles. The molecule has 1 saturated heterocycles. The summed E-state index contributed by atoms with van der Waals surface area (Å²) in [7, 11) is 0. The molecule has 4 heterocycles. The van der Waals surface area contributed by atoms with Crippen molar-refractivity contribution in [3.8, 4) is 11.1 Å². The Labute approximate surface area is 216 Å². The average molecular weight is 527 g/mol. The molecule has 1 aromatic carbocycles. The third-order valence-electron chi connectivity index (χ3n) is 6.93. The van der Waals surface area contributed by atoms with Gasteiger partial charge >= 0.3 is 6.18 Å². The number of nitrogens with zero attached hydrogens (tertiary/aromatic N) is 3. The number of pyridine rings is 2. The van der Waals surface area contributed by atoms with Crippen molar-refractivity contribution in [3.05, 3.63) is 71.2 Å². The van der Waals surface area contributed by atoms with Gasteiger partial charge in [-0.3, -0.25) is 19.5 Å². The largest absolute Gasteiger partial charge is 0.433 e. The number of halogens is 3. The van der Waals surface area contributed by atoms with Gasteiger partial charge in [0.05, 0.1) is 25.7 Å². The van der Waals surface area contributed by atoms with Crippen LogP contribution >= 0.6 is 0 Å². The summed E-state index contributed by atoms with van der Waals surface area (Å²) in [5.74, 6) is -0.697. The van der Waals surface area contributed by atoms with E-state index in [1.54, 1.807) is 24.4 Å². The molecule has 0 saturated carbocycles. The van der Waals surface area contributed by atoms with E-state index in [4.69, 9.17) is 4.74 Å². The van der Waals surface area contributed by atoms with Gasteiger partial charge < -0.3 is 15.2 Å². The van der Waals surface area contributed by atoms with Crippen molar-refractivity contribution in [1.29, 1.82) is 0 Å². The smallest absolute Gasteiger partial charge is 0.395 e. The maximum atomic E-state index is 13.1. The van der Waals surface area contributed by atoms with Crippen molar-refractivity contribution >= 4 is 23.3 Å². The lowest BCUT2D eigenvalue weighted by atomic mass is 9.78. The van der Waals surface area contributed by atoms with Gasteiger partial charge in [-0.05, 0) is 60.4 Å². The van der Waals surface area contributed by atoms with Crippen LogP contribution < -0.4 is 10.2 Å². The molecule has 11 heteroatoms. The normalized spacial score (nSPS) is 19.1. The second-order valence-corrected chi connectivity index (χ2v) is 9.34. The minimum absolute atomic E-state index is 0.0636. The van der Waals surface area contributed by atoms with Crippen LogP contribution in [0.2, 0.25) is 0 Å². The zero-order chi connectivity index (χ0) is 27.0. The fraction of sp³-hybridized carbons (Fsp3) is 0.333. The number of hydrogen-bond donors (Lipinski definition) is 2. The van der Waals surface area contributed by atoms with Crippen LogP contribution in [0.4, 0.5) is 24.7 Å². The fourth-order valence-corrected chi connectivity index (χ4v) is 5.04. The molecule has 5 rings (SSSR count). The van der Waals surface area contributed by atoms with Crippen molar-refractivity contribution in [2.24, 2.45) is 5.92 Å². The number of aromatic nitrogens is 2. The summed E-state index contributed by atoms with van der Waals surface area (Å²) >= 11 is 0. The summed E-state index contributed by atoms with van der Waals surface area (Å²) in [6.45, 7) is 2.67. The lowest BCUT2D eigenvalue weighted by Crippen LogP contribution is -2.48. The van der Waals surface area contributed by atoms with Crippen molar-refractivity contribution in [3.63, 3.8) is 0 Å². The number of fused-ring (bicyclic) bond motifs is 3. The molecule has 2 aliphatic rings. The topological polar surface area (TPSA) is 105 Å². The van der Waals surface area contributed by atoms with Crippen LogP contribution in [-0.4, -0.2) is 53.3 Å². The van der Waals surface area contributed by atoms with Crippen LogP contribution in [-0.2, 0) is 15.7 Å². The van der Waals surface area contributed by atoms with Gasteiger partial charge in [0.2, 0.25) is 5.91 Å². The number of hydrogen-bond acceptors (Lipinski definition) is 6. The zero-order valence-corrected chi connectivity index (χ0v) is 20.5. The molecular formula is C27H25F3N4O4. The molecule has 0 radical (unpaired) electrons. The Morgan fingerprint density at radius 2 is 2.00 bits per heavy atom. The summed E-state index contributed by atoms with van der Waals surface area (Å²) in [4.78, 5) is 35.2. The maximum Gasteiger partial charge on any atom is 0.433 e. The lowest BCUT2D eigenvalue weighted by Gasteiger charge is -2.40. The number of aliphatic hydroxyl groups excluding tert-OH is 1. The number of β-amino-alcohol motifs (C(OH)–C–C–N with tert-alkyl or cyclic N) is 1. The first-order chi connectivity index (χ1) is 18.2. The molecule has 2 amide bonds. The Morgan fingerprint density at radius 3 is 2.76 bits per heavy atom. The van der Waals surface area contributed by atoms with Gasteiger partial charge in [0, 0.05) is 41.7 Å². The Balaban J connectivity index is 1.47. The SMILES string of the molecule is Cc1ccc(NC(=O)c2ccnc(C(F)(F)F)c2)cc1-c1cnc2c(c1)[C@@H]1CCOC[C@H]1C(=O)N2CCO. The number of aryl methyl sites for hydroxylation is 1. The van der Waals surface area contributed by atoms with E-state index >= 15 is 0 Å². The summed E-state index contributed by atoms with van der Waals surface area (Å²) in [5, 5.41) is 12.2. The van der Waals surface area contributed by atoms with Crippen molar-refractivity contribution in [1.82, 2.24) is 9.97 Å². The second kappa shape index (κ2) is 10.1. The van der Waals surface area contributed by atoms with Gasteiger partial charge in [-0.1, -0.05) is 6.07 Å². The molecule has 0 bridgehead atoms. The van der Waals surface area contributed by atoms with Gasteiger partial charge in [-0.15, -0.1) is 0 Å². The van der Waals surface area contributed by atoms with Gasteiger partial charge in [0.1, 0.15) is 11.5 Å². The van der Waals surface area contributed by atoms with Crippen LogP contribution in [0, 0.1) is 12.8 Å². The zero-order valence-electron chi connectivity index (χ0n) is 20.5. The van der Waals surface area contributed by atoms with E-state index < -0.39 is 17.8 Å². The summed E-state index contributed by atoms with van der Waals surface area (Å²) in [6.07, 6.45) is -1.40. The first kappa shape index (κ1) is 25.8. The van der Waals surface area contributed by atoms with Crippen LogP contribution in [0.5, 0.6) is 0 Å². The van der Waals surface area contributed by atoms with Crippen molar-refractivity contribution in [2.75, 3.05) is 36.6 Å². The van der Waals surface area contributed by atoms with Crippen LogP contribution in [0.25, 0.3) is 11.1 Å². The number of alkyl halides is 3. The number of ether oxygens (including phenoxy) is 1. The number of amides is 2. The highest BCUT2D eigenvalue weighted by molar-refractivity contribution is 6.04. The van der Waals surface area contributed by atoms with E-state index in [0.29, 0.717) is 37.2 Å². The first-order valence-electron chi connectivity index (χ1n) is 12.1. The molecular weight excluding hydrogens is 501 g/mol. The molecule has 1 fully saturated rings. The Morgan fingerprint density at radius 1 is 1.18 bits per heavy atom. The number of carbonyl (C=O) groups excluding carboxylic acids is 2. The Hall–Kier alpha value is -3.83. The van der Waals surface area contributed by atoms with Crippen LogP contribution in [0.15, 0.2) is 48.8 Å². The van der Waals surface area contributed by atoms with E-state index in [0.717, 1.165) is 28.5 Å². The van der Waals surface area contributed by atoms with Gasteiger partial charge in [-0.25, -0.2) is 4.98 Å². The number of carbonyl (C=O) groups is 2. The Bertz CT molecular complexity index is 1390. The number of rotatable bonds is 5. The molecule has 0 unspecified atom stereocenters. The van der Waals surface area contributed by atoms with Crippen LogP contribution in [0.3, 0.4) is 0 Å². The molecule has 2 aromatic heterocycles. The lowest BCUT2D eigenvalue weighted by molar-refractivity contribution is -0.141. The van der Waals surface area contributed by atoms with E-state index in [2.05, 4.69) is 15.3 Å². The Kier molecular flexibility index (Phi) is 6.89. The van der Waals surface area contributed by atoms with Gasteiger partial charge in [-0.2, -0.15) is 13.2 Å². The first-order valence-corrected chi connectivity index (χ1v) is 12.1. The monoisotopic (exact) mass is 526 g/mol. The highest BCUT2D eigenvalue weighted by Crippen LogP contribution is 2.44. The molecule has 8 nitrogen and oxygen atoms in total. The maximum absolute atomic E-state index is 13.1. The molecule has 3 aromatic rings. The number of nitrogens with one attached hydrogen (secondary N) is 1. The van der Waals surface area contributed by atoms with E-state index in [-0.39, 0.29) is 36.5 Å². The minimum Gasteiger partial charge on any atom is -0.395 e. The summed E-state index contributed by atoms with van der Waals surface area (Å²) in [6, 6.07) is 9.12. The van der Waals surface area contributed by atoms with Crippen molar-refractivity contribution < 1.29 is 32.6 Å². The molecule has 2 aliphatic heterocycles. The third-order valence-corrected chi connectivity index (χ3v) is 6.93. The second-order valence-electron chi connectivity index (χ2n) is 9.34. The predicted octanol–water partition coefficient (Wildman–Crippen LogP) is 4.18. The molecule has 198 valence electrons. The van der Waals surface area contributed by atoms with E-state index in [1.165, 1.54) is 11.0 Å². The predicted molar refractivity (Wildman–Crippen MR) is 133 cm³/mol. The van der Waals surface area contributed by atoms with E-state index in [1.807, 2.05) is 13.0 Å². The highest BCUT2D eigenvalue weighted by atomic mass is 19.4. The standard InChI is InChI=1S/C27H25F3N4O4/c1-15-2-3-18(33-25(36)16-4-6-31-23(11-16)27(28,29)30)12-20(15)17-10-21-19-5-9-38-14-22(19)26(37)34(7-8-35)24(21)32-13-17/h2-4,6,10-13,19,22,35H,5,7-9,14H2,1H3,(H,33,36)/t19-,22+/m0/s1. The fourth-order valence-electron chi connectivity index (χ4n) is 5.04. The molecule has 38 heavy (non-hydrogen) atoms. The summed E-state index contributed by atoms with van der Waals surface area (Å²) < 4.78 is 44.6. The van der Waals surface area contributed by atoms with E-state index in [9.17, 15) is 27.9 Å². The number of aliphatic hydroxyl groups is 1. The minimum atomic E-state index is -4.66. The highest BCUT2D eigenvalue weighted by Gasteiger charge is 2.42. The number of anilines is 2. The number of benzene rings is 1. The summed E-state index contributed by atoms with van der Waals surface area (Å²) in [5.41, 5.74) is 2.44. The quantitative estimate of drug-likeness (QED) is 0.517. The molecule has 2 N–H and O–H groups in total. The van der Waals surface area contributed by atoms with Gasteiger partial charge in [0.25, 0.3) is 5.91 Å². The molecule has 0 spiro atoms.